The number of rotatable bonds is 3. The molecular formula is C14H17FN2O3. The van der Waals surface area contributed by atoms with Gasteiger partial charge in [-0.15, -0.1) is 0 Å². The van der Waals surface area contributed by atoms with Gasteiger partial charge in [0.2, 0.25) is 5.91 Å². The van der Waals surface area contributed by atoms with Crippen LogP contribution in [0, 0.1) is 11.7 Å². The van der Waals surface area contributed by atoms with Crippen LogP contribution in [0.4, 0.5) is 10.1 Å². The number of aromatic carboxylic acids is 1. The van der Waals surface area contributed by atoms with Gasteiger partial charge in [0.15, 0.2) is 0 Å². The number of anilines is 1. The van der Waals surface area contributed by atoms with Crippen LogP contribution in [0.2, 0.25) is 0 Å². The summed E-state index contributed by atoms with van der Waals surface area (Å²) >= 11 is 0. The lowest BCUT2D eigenvalue weighted by atomic mass is 9.96. The number of benzene rings is 1. The van der Waals surface area contributed by atoms with Gasteiger partial charge in [0.1, 0.15) is 5.82 Å². The average Bonchev–Trinajstić information content (AvgIpc) is 2.46. The maximum absolute atomic E-state index is 13.2. The molecule has 1 unspecified atom stereocenters. The zero-order valence-electron chi connectivity index (χ0n) is 11.2. The first-order valence-electron chi connectivity index (χ1n) is 6.52. The van der Waals surface area contributed by atoms with Crippen LogP contribution in [0.15, 0.2) is 18.2 Å². The largest absolute Gasteiger partial charge is 0.478 e. The molecule has 2 rings (SSSR count). The van der Waals surface area contributed by atoms with Crippen molar-refractivity contribution in [1.82, 2.24) is 5.32 Å². The van der Waals surface area contributed by atoms with Crippen molar-refractivity contribution >= 4 is 17.6 Å². The summed E-state index contributed by atoms with van der Waals surface area (Å²) in [5.41, 5.74) is 0.398. The molecule has 1 atom stereocenters. The minimum absolute atomic E-state index is 0.0475. The molecule has 0 aliphatic carbocycles. The number of amides is 1. The molecule has 1 aromatic rings. The number of carboxylic acid groups (broad SMARTS) is 1. The summed E-state index contributed by atoms with van der Waals surface area (Å²) in [4.78, 5) is 24.8. The van der Waals surface area contributed by atoms with Crippen LogP contribution >= 0.6 is 0 Å². The van der Waals surface area contributed by atoms with Gasteiger partial charge in [-0.25, -0.2) is 9.18 Å². The van der Waals surface area contributed by atoms with Crippen molar-refractivity contribution in [2.45, 2.75) is 12.8 Å². The van der Waals surface area contributed by atoms with E-state index in [-0.39, 0.29) is 17.4 Å². The van der Waals surface area contributed by atoms with Gasteiger partial charge in [-0.2, -0.15) is 0 Å². The van der Waals surface area contributed by atoms with Crippen LogP contribution in [0.3, 0.4) is 0 Å². The molecule has 1 aliphatic heterocycles. The van der Waals surface area contributed by atoms with Gasteiger partial charge in [-0.05, 0) is 31.0 Å². The lowest BCUT2D eigenvalue weighted by Gasteiger charge is -2.34. The van der Waals surface area contributed by atoms with Gasteiger partial charge < -0.3 is 15.3 Å². The van der Waals surface area contributed by atoms with Gasteiger partial charge >= 0.3 is 5.97 Å². The van der Waals surface area contributed by atoms with Crippen LogP contribution in [0.1, 0.15) is 23.2 Å². The van der Waals surface area contributed by atoms with Crippen LogP contribution in [0.5, 0.6) is 0 Å². The van der Waals surface area contributed by atoms with E-state index >= 15 is 0 Å². The molecule has 1 aliphatic rings. The van der Waals surface area contributed by atoms with Crippen molar-refractivity contribution in [3.8, 4) is 0 Å². The summed E-state index contributed by atoms with van der Waals surface area (Å²) in [6.07, 6.45) is 1.58. The second kappa shape index (κ2) is 5.90. The Hall–Kier alpha value is -2.11. The van der Waals surface area contributed by atoms with E-state index in [1.807, 2.05) is 4.90 Å². The second-order valence-corrected chi connectivity index (χ2v) is 4.87. The van der Waals surface area contributed by atoms with Crippen molar-refractivity contribution < 1.29 is 19.1 Å². The maximum atomic E-state index is 13.2. The van der Waals surface area contributed by atoms with Gasteiger partial charge in [-0.3, -0.25) is 4.79 Å². The predicted octanol–water partition coefficient (Wildman–Crippen LogP) is 1.49. The summed E-state index contributed by atoms with van der Waals surface area (Å²) in [6.45, 7) is 1.12. The van der Waals surface area contributed by atoms with E-state index in [0.717, 1.165) is 18.9 Å². The monoisotopic (exact) mass is 280 g/mol. The Labute approximate surface area is 116 Å². The zero-order valence-corrected chi connectivity index (χ0v) is 11.2. The molecule has 0 spiro atoms. The number of carboxylic acids is 1. The van der Waals surface area contributed by atoms with E-state index in [1.54, 1.807) is 7.05 Å². The van der Waals surface area contributed by atoms with Crippen LogP contribution in [0.25, 0.3) is 0 Å². The van der Waals surface area contributed by atoms with Crippen LogP contribution in [-0.2, 0) is 4.79 Å². The van der Waals surface area contributed by atoms with Crippen LogP contribution < -0.4 is 10.2 Å². The Balaban J connectivity index is 2.27. The molecule has 5 nitrogen and oxygen atoms in total. The van der Waals surface area contributed by atoms with Crippen molar-refractivity contribution in [2.75, 3.05) is 25.0 Å². The average molecular weight is 280 g/mol. The highest BCUT2D eigenvalue weighted by Crippen LogP contribution is 2.27. The lowest BCUT2D eigenvalue weighted by Crippen LogP contribution is -2.42. The summed E-state index contributed by atoms with van der Waals surface area (Å²) in [7, 11) is 1.59. The fourth-order valence-electron chi connectivity index (χ4n) is 2.57. The molecule has 0 saturated carbocycles. The number of hydrogen-bond donors (Lipinski definition) is 2. The molecule has 0 aromatic heterocycles. The number of nitrogens with zero attached hydrogens (tertiary/aromatic N) is 1. The first kappa shape index (κ1) is 14.3. The molecule has 1 aromatic carbocycles. The van der Waals surface area contributed by atoms with E-state index in [0.29, 0.717) is 18.8 Å². The highest BCUT2D eigenvalue weighted by Gasteiger charge is 2.27. The van der Waals surface area contributed by atoms with E-state index in [9.17, 15) is 14.0 Å². The third kappa shape index (κ3) is 2.89. The lowest BCUT2D eigenvalue weighted by molar-refractivity contribution is -0.124. The standard InChI is InChI=1S/C14H17FN2O3/c1-16-13(18)9-3-2-6-17(8-9)12-5-4-10(15)7-11(12)14(19)20/h4-5,7,9H,2-3,6,8H2,1H3,(H,16,18)(H,19,20). The number of carbonyl (C=O) groups excluding carboxylic acids is 1. The summed E-state index contributed by atoms with van der Waals surface area (Å²) in [6, 6.07) is 3.72. The number of piperidine rings is 1. The number of nitrogens with one attached hydrogen (secondary N) is 1. The van der Waals surface area contributed by atoms with Crippen molar-refractivity contribution in [2.24, 2.45) is 5.92 Å². The first-order valence-corrected chi connectivity index (χ1v) is 6.52. The molecule has 1 fully saturated rings. The van der Waals surface area contributed by atoms with Crippen LogP contribution in [-0.4, -0.2) is 37.1 Å². The Morgan fingerprint density at radius 2 is 2.20 bits per heavy atom. The minimum atomic E-state index is -1.17. The molecular weight excluding hydrogens is 263 g/mol. The highest BCUT2D eigenvalue weighted by atomic mass is 19.1. The molecule has 6 heteroatoms. The van der Waals surface area contributed by atoms with E-state index in [1.165, 1.54) is 12.1 Å². The Morgan fingerprint density at radius 3 is 2.85 bits per heavy atom. The van der Waals surface area contributed by atoms with E-state index in [2.05, 4.69) is 5.32 Å². The fraction of sp³-hybridized carbons (Fsp3) is 0.429. The molecule has 108 valence electrons. The normalized spacial score (nSPS) is 18.7. The smallest absolute Gasteiger partial charge is 0.337 e. The molecule has 1 amide bonds. The molecule has 0 radical (unpaired) electrons. The van der Waals surface area contributed by atoms with Gasteiger partial charge in [0.25, 0.3) is 0 Å². The quantitative estimate of drug-likeness (QED) is 0.880. The van der Waals surface area contributed by atoms with Crippen molar-refractivity contribution in [1.29, 1.82) is 0 Å². The molecule has 1 saturated heterocycles. The SMILES string of the molecule is CNC(=O)C1CCCN(c2ccc(F)cc2C(=O)O)C1. The van der Waals surface area contributed by atoms with Crippen molar-refractivity contribution in [3.05, 3.63) is 29.6 Å². The summed E-state index contributed by atoms with van der Waals surface area (Å²) < 4.78 is 13.2. The Morgan fingerprint density at radius 1 is 1.45 bits per heavy atom. The third-order valence-corrected chi connectivity index (χ3v) is 3.57. The highest BCUT2D eigenvalue weighted by molar-refractivity contribution is 5.94. The molecule has 1 heterocycles. The third-order valence-electron chi connectivity index (χ3n) is 3.57. The second-order valence-electron chi connectivity index (χ2n) is 4.87. The fourth-order valence-corrected chi connectivity index (χ4v) is 2.57. The minimum Gasteiger partial charge on any atom is -0.478 e. The molecule has 2 N–H and O–H groups in total. The zero-order chi connectivity index (χ0) is 14.7. The van der Waals surface area contributed by atoms with E-state index < -0.39 is 11.8 Å². The number of halogens is 1. The maximum Gasteiger partial charge on any atom is 0.337 e. The Bertz CT molecular complexity index is 533. The van der Waals surface area contributed by atoms with Gasteiger partial charge in [0, 0.05) is 20.1 Å². The molecule has 0 bridgehead atoms. The number of carbonyl (C=O) groups is 2. The van der Waals surface area contributed by atoms with Crippen molar-refractivity contribution in [3.63, 3.8) is 0 Å². The van der Waals surface area contributed by atoms with E-state index in [4.69, 9.17) is 5.11 Å². The van der Waals surface area contributed by atoms with Gasteiger partial charge in [0.05, 0.1) is 17.2 Å². The van der Waals surface area contributed by atoms with Gasteiger partial charge in [-0.1, -0.05) is 0 Å². The number of hydrogen-bond acceptors (Lipinski definition) is 3. The summed E-state index contributed by atoms with van der Waals surface area (Å²) in [5, 5.41) is 11.8. The summed E-state index contributed by atoms with van der Waals surface area (Å²) in [5.74, 6) is -1.96. The molecule has 20 heavy (non-hydrogen) atoms. The predicted molar refractivity (Wildman–Crippen MR) is 72.4 cm³/mol. The Kier molecular flexibility index (Phi) is 4.22. The first-order chi connectivity index (χ1) is 9.52. The topological polar surface area (TPSA) is 69.6 Å².